The summed E-state index contributed by atoms with van der Waals surface area (Å²) in [6, 6.07) is 4.39. The number of hydrogen-bond acceptors (Lipinski definition) is 2. The minimum Gasteiger partial charge on any atom is -0.336 e. The number of benzene rings is 1. The third-order valence-corrected chi connectivity index (χ3v) is 2.62. The zero-order valence-electron chi connectivity index (χ0n) is 9.31. The van der Waals surface area contributed by atoms with Crippen LogP contribution >= 0.6 is 0 Å². The molecule has 2 rings (SSSR count). The fourth-order valence-electron chi connectivity index (χ4n) is 1.72. The van der Waals surface area contributed by atoms with Crippen molar-refractivity contribution in [2.24, 2.45) is 12.8 Å². The molecule has 1 aromatic heterocycles. The lowest BCUT2D eigenvalue weighted by Gasteiger charge is -2.13. The van der Waals surface area contributed by atoms with E-state index in [0.29, 0.717) is 11.4 Å². The average molecular weight is 219 g/mol. The molecule has 0 aliphatic carbocycles. The SMILES string of the molecule is Cc1ccc(F)c(C(N)c2nccn2C)c1. The molecule has 1 aromatic carbocycles. The molecule has 0 spiro atoms. The second kappa shape index (κ2) is 4.06. The van der Waals surface area contributed by atoms with E-state index in [2.05, 4.69) is 4.98 Å². The van der Waals surface area contributed by atoms with Crippen molar-refractivity contribution in [1.82, 2.24) is 9.55 Å². The molecular formula is C12H14FN3. The summed E-state index contributed by atoms with van der Waals surface area (Å²) in [5.74, 6) is 0.366. The standard InChI is InChI=1S/C12H14FN3/c1-8-3-4-10(13)9(7-8)11(14)12-15-5-6-16(12)2/h3-7,11H,14H2,1-2H3. The number of halogens is 1. The normalized spacial score (nSPS) is 12.8. The van der Waals surface area contributed by atoms with Gasteiger partial charge in [-0.3, -0.25) is 0 Å². The molecule has 0 bridgehead atoms. The van der Waals surface area contributed by atoms with E-state index < -0.39 is 6.04 Å². The summed E-state index contributed by atoms with van der Waals surface area (Å²) >= 11 is 0. The van der Waals surface area contributed by atoms with E-state index in [-0.39, 0.29) is 5.82 Å². The van der Waals surface area contributed by atoms with Gasteiger partial charge >= 0.3 is 0 Å². The maximum Gasteiger partial charge on any atom is 0.130 e. The summed E-state index contributed by atoms with van der Waals surface area (Å²) in [5, 5.41) is 0. The van der Waals surface area contributed by atoms with Crippen LogP contribution in [-0.2, 0) is 7.05 Å². The molecule has 16 heavy (non-hydrogen) atoms. The van der Waals surface area contributed by atoms with Gasteiger partial charge in [-0.15, -0.1) is 0 Å². The Labute approximate surface area is 93.7 Å². The zero-order valence-corrected chi connectivity index (χ0v) is 9.31. The average Bonchev–Trinajstić information content (AvgIpc) is 2.67. The Hall–Kier alpha value is -1.68. The van der Waals surface area contributed by atoms with Crippen LogP contribution in [0.3, 0.4) is 0 Å². The number of aromatic nitrogens is 2. The molecule has 3 nitrogen and oxygen atoms in total. The molecule has 4 heteroatoms. The fourth-order valence-corrected chi connectivity index (χ4v) is 1.72. The Kier molecular flexibility index (Phi) is 2.75. The van der Waals surface area contributed by atoms with Crippen LogP contribution in [0.25, 0.3) is 0 Å². The van der Waals surface area contributed by atoms with E-state index in [1.807, 2.05) is 14.0 Å². The van der Waals surface area contributed by atoms with Gasteiger partial charge in [0.25, 0.3) is 0 Å². The molecule has 0 aliphatic rings. The van der Waals surface area contributed by atoms with Gasteiger partial charge in [0.1, 0.15) is 11.6 Å². The number of hydrogen-bond donors (Lipinski definition) is 1. The highest BCUT2D eigenvalue weighted by molar-refractivity contribution is 5.30. The van der Waals surface area contributed by atoms with Crippen LogP contribution < -0.4 is 5.73 Å². The topological polar surface area (TPSA) is 43.8 Å². The number of rotatable bonds is 2. The van der Waals surface area contributed by atoms with E-state index in [1.165, 1.54) is 6.07 Å². The van der Waals surface area contributed by atoms with Crippen molar-refractivity contribution in [2.75, 3.05) is 0 Å². The first kappa shape index (κ1) is 10.8. The first-order valence-electron chi connectivity index (χ1n) is 5.08. The fraction of sp³-hybridized carbons (Fsp3) is 0.250. The molecule has 84 valence electrons. The van der Waals surface area contributed by atoms with E-state index in [4.69, 9.17) is 5.73 Å². The maximum absolute atomic E-state index is 13.6. The van der Waals surface area contributed by atoms with E-state index >= 15 is 0 Å². The molecule has 0 fully saturated rings. The molecule has 1 heterocycles. The van der Waals surface area contributed by atoms with Gasteiger partial charge in [0, 0.05) is 25.0 Å². The van der Waals surface area contributed by atoms with Crippen LogP contribution in [0.15, 0.2) is 30.6 Å². The van der Waals surface area contributed by atoms with Gasteiger partial charge in [0.05, 0.1) is 6.04 Å². The second-order valence-electron chi connectivity index (χ2n) is 3.90. The monoisotopic (exact) mass is 219 g/mol. The number of nitrogens with two attached hydrogens (primary N) is 1. The van der Waals surface area contributed by atoms with Gasteiger partial charge in [-0.25, -0.2) is 9.37 Å². The van der Waals surface area contributed by atoms with Crippen molar-refractivity contribution in [2.45, 2.75) is 13.0 Å². The van der Waals surface area contributed by atoms with E-state index in [1.54, 1.807) is 29.1 Å². The lowest BCUT2D eigenvalue weighted by Crippen LogP contribution is -2.18. The summed E-state index contributed by atoms with van der Waals surface area (Å²) in [4.78, 5) is 4.13. The highest BCUT2D eigenvalue weighted by Gasteiger charge is 2.17. The predicted molar refractivity (Wildman–Crippen MR) is 60.4 cm³/mol. The number of aryl methyl sites for hydroxylation is 2. The number of nitrogens with zero attached hydrogens (tertiary/aromatic N) is 2. The molecule has 0 amide bonds. The molecule has 0 radical (unpaired) electrons. The lowest BCUT2D eigenvalue weighted by atomic mass is 10.0. The molecule has 0 saturated heterocycles. The smallest absolute Gasteiger partial charge is 0.130 e. The van der Waals surface area contributed by atoms with Crippen LogP contribution in [0.5, 0.6) is 0 Å². The summed E-state index contributed by atoms with van der Waals surface area (Å²) in [5.41, 5.74) is 7.48. The largest absolute Gasteiger partial charge is 0.336 e. The summed E-state index contributed by atoms with van der Waals surface area (Å²) in [6.07, 6.45) is 3.45. The summed E-state index contributed by atoms with van der Waals surface area (Å²) < 4.78 is 15.4. The number of imidazole rings is 1. The first-order chi connectivity index (χ1) is 7.59. The van der Waals surface area contributed by atoms with Crippen molar-refractivity contribution in [1.29, 1.82) is 0 Å². The van der Waals surface area contributed by atoms with Crippen LogP contribution in [0.4, 0.5) is 4.39 Å². The van der Waals surface area contributed by atoms with Crippen molar-refractivity contribution in [3.05, 3.63) is 53.4 Å². The van der Waals surface area contributed by atoms with Gasteiger partial charge in [-0.05, 0) is 13.0 Å². The Morgan fingerprint density at radius 1 is 1.44 bits per heavy atom. The lowest BCUT2D eigenvalue weighted by molar-refractivity contribution is 0.587. The summed E-state index contributed by atoms with van der Waals surface area (Å²) in [7, 11) is 1.84. The van der Waals surface area contributed by atoms with Crippen LogP contribution in [0.2, 0.25) is 0 Å². The van der Waals surface area contributed by atoms with Crippen LogP contribution in [0.1, 0.15) is 23.0 Å². The van der Waals surface area contributed by atoms with Gasteiger partial charge in [-0.1, -0.05) is 17.7 Å². The molecule has 2 N–H and O–H groups in total. The molecule has 1 atom stereocenters. The Morgan fingerprint density at radius 3 is 2.81 bits per heavy atom. The Bertz CT molecular complexity index is 505. The molecule has 1 unspecified atom stereocenters. The molecule has 2 aromatic rings. The quantitative estimate of drug-likeness (QED) is 0.838. The summed E-state index contributed by atoms with van der Waals surface area (Å²) in [6.45, 7) is 1.91. The second-order valence-corrected chi connectivity index (χ2v) is 3.90. The molecule has 0 aliphatic heterocycles. The highest BCUT2D eigenvalue weighted by Crippen LogP contribution is 2.21. The van der Waals surface area contributed by atoms with Crippen LogP contribution in [-0.4, -0.2) is 9.55 Å². The first-order valence-corrected chi connectivity index (χ1v) is 5.08. The Balaban J connectivity index is 2.45. The third-order valence-electron chi connectivity index (χ3n) is 2.62. The van der Waals surface area contributed by atoms with E-state index in [0.717, 1.165) is 5.56 Å². The van der Waals surface area contributed by atoms with Crippen LogP contribution in [0, 0.1) is 12.7 Å². The highest BCUT2D eigenvalue weighted by atomic mass is 19.1. The van der Waals surface area contributed by atoms with Gasteiger partial charge < -0.3 is 10.3 Å². The molecule has 0 saturated carbocycles. The van der Waals surface area contributed by atoms with Crippen molar-refractivity contribution in [3.8, 4) is 0 Å². The molecular weight excluding hydrogens is 205 g/mol. The van der Waals surface area contributed by atoms with Gasteiger partial charge in [0.2, 0.25) is 0 Å². The van der Waals surface area contributed by atoms with Crippen molar-refractivity contribution in [3.63, 3.8) is 0 Å². The van der Waals surface area contributed by atoms with Gasteiger partial charge in [-0.2, -0.15) is 0 Å². The zero-order chi connectivity index (χ0) is 11.7. The van der Waals surface area contributed by atoms with E-state index in [9.17, 15) is 4.39 Å². The van der Waals surface area contributed by atoms with Gasteiger partial charge in [0.15, 0.2) is 0 Å². The minimum absolute atomic E-state index is 0.291. The van der Waals surface area contributed by atoms with Crippen molar-refractivity contribution < 1.29 is 4.39 Å². The predicted octanol–water partition coefficient (Wildman–Crippen LogP) is 1.92. The third kappa shape index (κ3) is 1.84. The maximum atomic E-state index is 13.6. The Morgan fingerprint density at radius 2 is 2.19 bits per heavy atom. The van der Waals surface area contributed by atoms with Crippen molar-refractivity contribution >= 4 is 0 Å². The minimum atomic E-state index is -0.528.